The second-order valence-electron chi connectivity index (χ2n) is 6.54. The van der Waals surface area contributed by atoms with Gasteiger partial charge in [-0.05, 0) is 63.8 Å². The Balaban J connectivity index is 2.00. The van der Waals surface area contributed by atoms with Gasteiger partial charge in [0.05, 0.1) is 17.5 Å². The van der Waals surface area contributed by atoms with Crippen molar-refractivity contribution >= 4 is 17.5 Å². The molecule has 1 aliphatic carbocycles. The summed E-state index contributed by atoms with van der Waals surface area (Å²) in [5.74, 6) is -0.382. The molecule has 3 heteroatoms. The Morgan fingerprint density at radius 1 is 0.810 bits per heavy atom. The number of rotatable bonds is 1. The van der Waals surface area contributed by atoms with Crippen molar-refractivity contribution < 1.29 is 9.59 Å². The van der Waals surface area contributed by atoms with E-state index in [9.17, 15) is 9.59 Å². The topological polar surface area (TPSA) is 37.4 Å². The molecule has 0 bridgehead atoms. The molecular formula is C18H21NO2. The Bertz CT molecular complexity index is 620. The van der Waals surface area contributed by atoms with Crippen LogP contribution in [0.2, 0.25) is 0 Å². The van der Waals surface area contributed by atoms with Gasteiger partial charge in [0.25, 0.3) is 0 Å². The molecule has 3 nitrogen and oxygen atoms in total. The zero-order chi connectivity index (χ0) is 15.3. The van der Waals surface area contributed by atoms with Crippen LogP contribution in [0.3, 0.4) is 0 Å². The summed E-state index contributed by atoms with van der Waals surface area (Å²) in [6, 6.07) is 5.90. The number of hydrogen-bond donors (Lipinski definition) is 0. The minimum atomic E-state index is -0.165. The lowest BCUT2D eigenvalue weighted by atomic mass is 9.78. The van der Waals surface area contributed by atoms with Crippen molar-refractivity contribution in [2.45, 2.75) is 40.5 Å². The highest BCUT2D eigenvalue weighted by Crippen LogP contribution is 2.42. The summed E-state index contributed by atoms with van der Waals surface area (Å²) in [5.41, 5.74) is 5.41. The van der Waals surface area contributed by atoms with Crippen LogP contribution >= 0.6 is 0 Å². The maximum atomic E-state index is 12.7. The minimum Gasteiger partial charge on any atom is -0.274 e. The number of anilines is 1. The summed E-state index contributed by atoms with van der Waals surface area (Å²) in [6.45, 7) is 8.13. The van der Waals surface area contributed by atoms with Crippen LogP contribution in [0.25, 0.3) is 0 Å². The van der Waals surface area contributed by atoms with Crippen molar-refractivity contribution in [2.75, 3.05) is 4.90 Å². The molecule has 2 atom stereocenters. The number of amides is 2. The Kier molecular flexibility index (Phi) is 3.23. The molecule has 2 aliphatic rings. The smallest absolute Gasteiger partial charge is 0.238 e. The van der Waals surface area contributed by atoms with Crippen LogP contribution in [0.4, 0.5) is 5.69 Å². The van der Waals surface area contributed by atoms with Crippen LogP contribution < -0.4 is 4.90 Å². The van der Waals surface area contributed by atoms with E-state index in [-0.39, 0.29) is 23.7 Å². The molecule has 1 aliphatic heterocycles. The van der Waals surface area contributed by atoms with E-state index in [1.807, 2.05) is 26.0 Å². The molecule has 3 rings (SSSR count). The average molecular weight is 283 g/mol. The highest BCUT2D eigenvalue weighted by Gasteiger charge is 2.49. The number of nitrogens with zero attached hydrogens (tertiary/aromatic N) is 1. The van der Waals surface area contributed by atoms with Crippen molar-refractivity contribution in [1.82, 2.24) is 0 Å². The Morgan fingerprint density at radius 3 is 1.67 bits per heavy atom. The number of allylic oxidation sites excluding steroid dienone is 2. The second kappa shape index (κ2) is 4.83. The molecule has 110 valence electrons. The number of fused-ring (bicyclic) bond motifs is 1. The molecule has 0 spiro atoms. The highest BCUT2D eigenvalue weighted by atomic mass is 16.2. The van der Waals surface area contributed by atoms with E-state index in [0.717, 1.165) is 29.7 Å². The molecule has 0 unspecified atom stereocenters. The number of benzene rings is 1. The highest BCUT2D eigenvalue weighted by molar-refractivity contribution is 6.22. The third-order valence-electron chi connectivity index (χ3n) is 4.81. The second-order valence-corrected chi connectivity index (χ2v) is 6.54. The van der Waals surface area contributed by atoms with Gasteiger partial charge in [0.15, 0.2) is 0 Å². The summed E-state index contributed by atoms with van der Waals surface area (Å²) < 4.78 is 0. The molecule has 0 saturated carbocycles. The number of carbonyl (C=O) groups excluding carboxylic acids is 2. The van der Waals surface area contributed by atoms with Crippen LogP contribution in [-0.4, -0.2) is 11.8 Å². The van der Waals surface area contributed by atoms with Crippen molar-refractivity contribution in [3.05, 3.63) is 40.5 Å². The molecule has 1 heterocycles. The Labute approximate surface area is 125 Å². The molecule has 0 radical (unpaired) electrons. The summed E-state index contributed by atoms with van der Waals surface area (Å²) >= 11 is 0. The molecule has 2 amide bonds. The zero-order valence-electron chi connectivity index (χ0n) is 13.1. The molecule has 21 heavy (non-hydrogen) atoms. The maximum Gasteiger partial charge on any atom is 0.238 e. The lowest BCUT2D eigenvalue weighted by Gasteiger charge is -2.23. The predicted molar refractivity (Wildman–Crippen MR) is 83.0 cm³/mol. The van der Waals surface area contributed by atoms with E-state index < -0.39 is 0 Å². The summed E-state index contributed by atoms with van der Waals surface area (Å²) in [6.07, 6.45) is 1.45. The van der Waals surface area contributed by atoms with E-state index in [1.54, 1.807) is 0 Å². The van der Waals surface area contributed by atoms with Gasteiger partial charge in [-0.2, -0.15) is 0 Å². The number of imide groups is 1. The van der Waals surface area contributed by atoms with E-state index in [2.05, 4.69) is 19.9 Å². The zero-order valence-corrected chi connectivity index (χ0v) is 13.1. The first kappa shape index (κ1) is 14.1. The van der Waals surface area contributed by atoms with Gasteiger partial charge in [-0.15, -0.1) is 0 Å². The van der Waals surface area contributed by atoms with Gasteiger partial charge in [-0.3, -0.25) is 14.5 Å². The van der Waals surface area contributed by atoms with Gasteiger partial charge in [0.1, 0.15) is 0 Å². The largest absolute Gasteiger partial charge is 0.274 e. The fourth-order valence-corrected chi connectivity index (χ4v) is 3.59. The fourth-order valence-electron chi connectivity index (χ4n) is 3.59. The van der Waals surface area contributed by atoms with Crippen molar-refractivity contribution in [3.8, 4) is 0 Å². The fraction of sp³-hybridized carbons (Fsp3) is 0.444. The van der Waals surface area contributed by atoms with Gasteiger partial charge in [-0.1, -0.05) is 17.2 Å². The van der Waals surface area contributed by atoms with Crippen LogP contribution in [-0.2, 0) is 9.59 Å². The summed E-state index contributed by atoms with van der Waals surface area (Å²) in [4.78, 5) is 26.8. The number of hydrogen-bond acceptors (Lipinski definition) is 2. The SMILES string of the molecule is CC1=C(C)C[C@H]2C(=O)N(c3cc(C)cc(C)c3)C(=O)[C@H]2C1. The van der Waals surface area contributed by atoms with Crippen LogP contribution in [0, 0.1) is 25.7 Å². The maximum absolute atomic E-state index is 12.7. The monoisotopic (exact) mass is 283 g/mol. The van der Waals surface area contributed by atoms with Crippen LogP contribution in [0.5, 0.6) is 0 Å². The molecule has 0 aromatic heterocycles. The van der Waals surface area contributed by atoms with Gasteiger partial charge in [-0.25, -0.2) is 0 Å². The minimum absolute atomic E-state index is 0.0261. The quantitative estimate of drug-likeness (QED) is 0.584. The third-order valence-corrected chi connectivity index (χ3v) is 4.81. The summed E-state index contributed by atoms with van der Waals surface area (Å²) in [5, 5.41) is 0. The van der Waals surface area contributed by atoms with E-state index in [0.29, 0.717) is 0 Å². The van der Waals surface area contributed by atoms with Gasteiger partial charge in [0.2, 0.25) is 11.8 Å². The molecule has 1 fully saturated rings. The van der Waals surface area contributed by atoms with Gasteiger partial charge >= 0.3 is 0 Å². The number of carbonyl (C=O) groups is 2. The Hall–Kier alpha value is -1.90. The van der Waals surface area contributed by atoms with E-state index >= 15 is 0 Å². The van der Waals surface area contributed by atoms with Crippen molar-refractivity contribution in [2.24, 2.45) is 11.8 Å². The molecular weight excluding hydrogens is 262 g/mol. The van der Waals surface area contributed by atoms with Gasteiger partial charge in [0, 0.05) is 0 Å². The van der Waals surface area contributed by atoms with E-state index in [1.165, 1.54) is 16.0 Å². The van der Waals surface area contributed by atoms with Crippen LogP contribution in [0.15, 0.2) is 29.3 Å². The number of aryl methyl sites for hydroxylation is 2. The lowest BCUT2D eigenvalue weighted by Crippen LogP contribution is -2.31. The lowest BCUT2D eigenvalue weighted by molar-refractivity contribution is -0.122. The first-order valence-electron chi connectivity index (χ1n) is 7.50. The predicted octanol–water partition coefficient (Wildman–Crippen LogP) is 3.54. The molecule has 1 aromatic rings. The normalized spacial score (nSPS) is 25.6. The van der Waals surface area contributed by atoms with Crippen molar-refractivity contribution in [1.29, 1.82) is 0 Å². The Morgan fingerprint density at radius 2 is 1.24 bits per heavy atom. The molecule has 1 saturated heterocycles. The van der Waals surface area contributed by atoms with Crippen LogP contribution in [0.1, 0.15) is 37.8 Å². The molecule has 0 N–H and O–H groups in total. The van der Waals surface area contributed by atoms with Gasteiger partial charge < -0.3 is 0 Å². The molecule has 1 aromatic carbocycles. The third kappa shape index (κ3) is 2.21. The van der Waals surface area contributed by atoms with E-state index in [4.69, 9.17) is 0 Å². The average Bonchev–Trinajstić information content (AvgIpc) is 2.62. The van der Waals surface area contributed by atoms with Crippen molar-refractivity contribution in [3.63, 3.8) is 0 Å². The standard InChI is InChI=1S/C18H21NO2/c1-10-5-11(2)7-14(6-10)19-17(20)15-8-12(3)13(4)9-16(15)18(19)21/h5-7,15-16H,8-9H2,1-4H3/t15-,16+. The first-order chi connectivity index (χ1) is 9.88. The first-order valence-corrected chi connectivity index (χ1v) is 7.50. The summed E-state index contributed by atoms with van der Waals surface area (Å²) in [7, 11) is 0.